The predicted octanol–water partition coefficient (Wildman–Crippen LogP) is 4.93. The highest BCUT2D eigenvalue weighted by Crippen LogP contribution is 2.32. The van der Waals surface area contributed by atoms with Gasteiger partial charge in [0.2, 0.25) is 0 Å². The molecule has 1 heterocycles. The van der Waals surface area contributed by atoms with Gasteiger partial charge in [0.05, 0.1) is 0 Å². The average molecular weight is 263 g/mol. The first-order chi connectivity index (χ1) is 9.63. The molecule has 0 amide bonds. The summed E-state index contributed by atoms with van der Waals surface area (Å²) in [6.07, 6.45) is 0. The fraction of sp³-hybridized carbons (Fsp3) is 0.167. The van der Waals surface area contributed by atoms with Crippen molar-refractivity contribution in [3.05, 3.63) is 65.5 Å². The van der Waals surface area contributed by atoms with E-state index in [9.17, 15) is 0 Å². The average Bonchev–Trinajstić information content (AvgIpc) is 2.82. The second kappa shape index (κ2) is 4.97. The first kappa shape index (κ1) is 12.7. The van der Waals surface area contributed by atoms with E-state index < -0.39 is 0 Å². The molecule has 2 nitrogen and oxygen atoms in total. The van der Waals surface area contributed by atoms with E-state index in [2.05, 4.69) is 67.4 Å². The van der Waals surface area contributed by atoms with Crippen LogP contribution in [0.5, 0.6) is 0 Å². The van der Waals surface area contributed by atoms with Gasteiger partial charge in [-0.1, -0.05) is 59.7 Å². The molecule has 0 bridgehead atoms. The molecule has 0 saturated carbocycles. The van der Waals surface area contributed by atoms with Crippen LogP contribution >= 0.6 is 0 Å². The lowest BCUT2D eigenvalue weighted by molar-refractivity contribution is 0.534. The van der Waals surface area contributed by atoms with Crippen molar-refractivity contribution >= 4 is 0 Å². The van der Waals surface area contributed by atoms with Gasteiger partial charge >= 0.3 is 0 Å². The Kier molecular flexibility index (Phi) is 3.15. The molecule has 3 rings (SSSR count). The van der Waals surface area contributed by atoms with E-state index in [1.807, 2.05) is 6.92 Å². The quantitative estimate of drug-likeness (QED) is 0.655. The molecule has 0 unspecified atom stereocenters. The van der Waals surface area contributed by atoms with Gasteiger partial charge in [-0.25, -0.2) is 4.98 Å². The van der Waals surface area contributed by atoms with Gasteiger partial charge < -0.3 is 4.42 Å². The topological polar surface area (TPSA) is 26.0 Å². The Morgan fingerprint density at radius 3 is 1.75 bits per heavy atom. The molecule has 0 N–H and O–H groups in total. The van der Waals surface area contributed by atoms with Crippen LogP contribution in [0.3, 0.4) is 0 Å². The Morgan fingerprint density at radius 2 is 1.20 bits per heavy atom. The van der Waals surface area contributed by atoms with Crippen molar-refractivity contribution < 1.29 is 4.42 Å². The minimum atomic E-state index is 0.691. The van der Waals surface area contributed by atoms with Crippen LogP contribution < -0.4 is 0 Å². The Labute approximate surface area is 119 Å². The fourth-order valence-corrected chi connectivity index (χ4v) is 2.23. The van der Waals surface area contributed by atoms with Crippen LogP contribution in [0.2, 0.25) is 0 Å². The zero-order valence-electron chi connectivity index (χ0n) is 12.0. The second-order valence-corrected chi connectivity index (χ2v) is 5.14. The van der Waals surface area contributed by atoms with E-state index in [-0.39, 0.29) is 0 Å². The van der Waals surface area contributed by atoms with Crippen molar-refractivity contribution in [3.63, 3.8) is 0 Å². The zero-order chi connectivity index (χ0) is 14.1. The van der Waals surface area contributed by atoms with Crippen molar-refractivity contribution in [2.75, 3.05) is 0 Å². The molecule has 2 aromatic carbocycles. The molecule has 3 aromatic rings. The molecule has 0 aliphatic carbocycles. The van der Waals surface area contributed by atoms with E-state index >= 15 is 0 Å². The third-order valence-corrected chi connectivity index (χ3v) is 3.37. The van der Waals surface area contributed by atoms with Gasteiger partial charge in [-0.15, -0.1) is 0 Å². The molecular formula is C18H17NO. The van der Waals surface area contributed by atoms with Crippen LogP contribution in [0.4, 0.5) is 0 Å². The summed E-state index contributed by atoms with van der Waals surface area (Å²) in [7, 11) is 0. The number of aromatic nitrogens is 1. The SMILES string of the molecule is Cc1ccc(-c2nc(C)oc2-c2ccc(C)cc2)cc1. The Bertz CT molecular complexity index is 658. The van der Waals surface area contributed by atoms with Crippen molar-refractivity contribution in [3.8, 4) is 22.6 Å². The largest absolute Gasteiger partial charge is 0.440 e. The summed E-state index contributed by atoms with van der Waals surface area (Å²) in [5.41, 5.74) is 5.54. The van der Waals surface area contributed by atoms with E-state index in [1.165, 1.54) is 11.1 Å². The van der Waals surface area contributed by atoms with Crippen molar-refractivity contribution in [2.45, 2.75) is 20.8 Å². The maximum absolute atomic E-state index is 5.81. The molecule has 0 aliphatic rings. The number of nitrogens with zero attached hydrogens (tertiary/aromatic N) is 1. The molecule has 0 aliphatic heterocycles. The molecule has 0 spiro atoms. The lowest BCUT2D eigenvalue weighted by Gasteiger charge is -2.03. The number of aryl methyl sites for hydroxylation is 3. The molecule has 20 heavy (non-hydrogen) atoms. The first-order valence-electron chi connectivity index (χ1n) is 6.75. The van der Waals surface area contributed by atoms with Crippen LogP contribution in [-0.2, 0) is 0 Å². The fourth-order valence-electron chi connectivity index (χ4n) is 2.23. The summed E-state index contributed by atoms with van der Waals surface area (Å²) < 4.78 is 5.81. The van der Waals surface area contributed by atoms with E-state index in [4.69, 9.17) is 4.42 Å². The standard InChI is InChI=1S/C18H17NO/c1-12-4-8-15(9-5-12)17-18(20-14(3)19-17)16-10-6-13(2)7-11-16/h4-11H,1-3H3. The van der Waals surface area contributed by atoms with Crippen LogP contribution in [0, 0.1) is 20.8 Å². The number of rotatable bonds is 2. The Morgan fingerprint density at radius 1 is 0.700 bits per heavy atom. The van der Waals surface area contributed by atoms with Gasteiger partial charge in [-0.3, -0.25) is 0 Å². The van der Waals surface area contributed by atoms with Gasteiger partial charge in [-0.05, 0) is 13.8 Å². The van der Waals surface area contributed by atoms with E-state index in [0.717, 1.165) is 22.6 Å². The minimum Gasteiger partial charge on any atom is -0.440 e. The van der Waals surface area contributed by atoms with E-state index in [0.29, 0.717) is 5.89 Å². The minimum absolute atomic E-state index is 0.691. The maximum atomic E-state index is 5.81. The van der Waals surface area contributed by atoms with Crippen LogP contribution in [0.1, 0.15) is 17.0 Å². The highest BCUT2D eigenvalue weighted by atomic mass is 16.4. The monoisotopic (exact) mass is 263 g/mol. The molecule has 0 saturated heterocycles. The predicted molar refractivity (Wildman–Crippen MR) is 81.6 cm³/mol. The maximum Gasteiger partial charge on any atom is 0.192 e. The van der Waals surface area contributed by atoms with Crippen LogP contribution in [0.25, 0.3) is 22.6 Å². The van der Waals surface area contributed by atoms with Gasteiger partial charge in [0.15, 0.2) is 11.7 Å². The molecule has 0 radical (unpaired) electrons. The number of benzene rings is 2. The summed E-state index contributed by atoms with van der Waals surface area (Å²) in [5, 5.41) is 0. The lowest BCUT2D eigenvalue weighted by atomic mass is 10.0. The van der Waals surface area contributed by atoms with E-state index in [1.54, 1.807) is 0 Å². The molecule has 0 fully saturated rings. The van der Waals surface area contributed by atoms with Gasteiger partial charge in [0, 0.05) is 18.1 Å². The van der Waals surface area contributed by atoms with Crippen molar-refractivity contribution in [2.24, 2.45) is 0 Å². The van der Waals surface area contributed by atoms with Crippen LogP contribution in [-0.4, -0.2) is 4.98 Å². The summed E-state index contributed by atoms with van der Waals surface area (Å²) >= 11 is 0. The molecule has 1 aromatic heterocycles. The summed E-state index contributed by atoms with van der Waals surface area (Å²) in [6.45, 7) is 6.05. The third-order valence-electron chi connectivity index (χ3n) is 3.37. The van der Waals surface area contributed by atoms with Crippen LogP contribution in [0.15, 0.2) is 52.9 Å². The number of hydrogen-bond donors (Lipinski definition) is 0. The van der Waals surface area contributed by atoms with Gasteiger partial charge in [0.25, 0.3) is 0 Å². The molecule has 100 valence electrons. The molecule has 2 heteroatoms. The summed E-state index contributed by atoms with van der Waals surface area (Å²) in [4.78, 5) is 4.54. The first-order valence-corrected chi connectivity index (χ1v) is 6.75. The highest BCUT2D eigenvalue weighted by Gasteiger charge is 2.14. The second-order valence-electron chi connectivity index (χ2n) is 5.14. The smallest absolute Gasteiger partial charge is 0.192 e. The van der Waals surface area contributed by atoms with Crippen molar-refractivity contribution in [1.29, 1.82) is 0 Å². The Balaban J connectivity index is 2.12. The number of hydrogen-bond acceptors (Lipinski definition) is 2. The van der Waals surface area contributed by atoms with Gasteiger partial charge in [0.1, 0.15) is 5.69 Å². The lowest BCUT2D eigenvalue weighted by Crippen LogP contribution is -1.83. The molecular weight excluding hydrogens is 246 g/mol. The number of oxazole rings is 1. The normalized spacial score (nSPS) is 10.8. The summed E-state index contributed by atoms with van der Waals surface area (Å²) in [5.74, 6) is 1.53. The third kappa shape index (κ3) is 2.37. The highest BCUT2D eigenvalue weighted by molar-refractivity contribution is 5.77. The molecule has 0 atom stereocenters. The zero-order valence-corrected chi connectivity index (χ0v) is 12.0. The Hall–Kier alpha value is -2.35. The van der Waals surface area contributed by atoms with Crippen molar-refractivity contribution in [1.82, 2.24) is 4.98 Å². The summed E-state index contributed by atoms with van der Waals surface area (Å²) in [6, 6.07) is 16.7. The van der Waals surface area contributed by atoms with Gasteiger partial charge in [-0.2, -0.15) is 0 Å².